The highest BCUT2D eigenvalue weighted by Crippen LogP contribution is 2.31. The van der Waals surface area contributed by atoms with Crippen LogP contribution in [0.4, 0.5) is 11.4 Å². The maximum atomic E-state index is 12.5. The number of carbonyl (C=O) groups is 1. The molecule has 9 heteroatoms. The minimum Gasteiger partial charge on any atom is -0.368 e. The van der Waals surface area contributed by atoms with Crippen LogP contribution < -0.4 is 15.5 Å². The summed E-state index contributed by atoms with van der Waals surface area (Å²) in [5.41, 5.74) is 8.47. The molecule has 2 fully saturated rings. The van der Waals surface area contributed by atoms with Crippen LogP contribution in [0.3, 0.4) is 0 Å². The maximum Gasteiger partial charge on any atom is 0.227 e. The van der Waals surface area contributed by atoms with E-state index in [1.54, 1.807) is 6.20 Å². The Bertz CT molecular complexity index is 1570. The number of aryl methyl sites for hydroxylation is 1. The normalized spacial score (nSPS) is 16.1. The smallest absolute Gasteiger partial charge is 0.227 e. The first kappa shape index (κ1) is 27.1. The SMILES string of the molecule is CCNCN=C(c1nc2c(N3CCCCC3)cncc2[nH]1)c1cc(-c2cncc(NC(=O)C3CCC3)c2)ccc1C. The molecule has 1 aliphatic heterocycles. The minimum atomic E-state index is 0.0842. The van der Waals surface area contributed by atoms with Crippen LogP contribution >= 0.6 is 0 Å². The maximum absolute atomic E-state index is 12.5. The van der Waals surface area contributed by atoms with Gasteiger partial charge in [0.25, 0.3) is 0 Å². The van der Waals surface area contributed by atoms with Crippen LogP contribution in [0.2, 0.25) is 0 Å². The molecule has 0 spiro atoms. The zero-order valence-corrected chi connectivity index (χ0v) is 23.9. The molecule has 0 radical (unpaired) electrons. The number of nitrogens with one attached hydrogen (secondary N) is 3. The molecule has 1 aliphatic carbocycles. The number of carbonyl (C=O) groups excluding carboxylic acids is 1. The van der Waals surface area contributed by atoms with E-state index in [9.17, 15) is 4.79 Å². The largest absolute Gasteiger partial charge is 0.368 e. The molecular weight excluding hydrogens is 512 g/mol. The highest BCUT2D eigenvalue weighted by atomic mass is 16.1. The lowest BCUT2D eigenvalue weighted by Crippen LogP contribution is -2.29. The Labute approximate surface area is 240 Å². The van der Waals surface area contributed by atoms with Gasteiger partial charge in [-0.15, -0.1) is 0 Å². The number of imidazole rings is 1. The fraction of sp³-hybridized carbons (Fsp3) is 0.406. The van der Waals surface area contributed by atoms with Gasteiger partial charge in [0, 0.05) is 36.3 Å². The predicted molar refractivity (Wildman–Crippen MR) is 165 cm³/mol. The van der Waals surface area contributed by atoms with Crippen LogP contribution in [0.15, 0.2) is 54.0 Å². The topological polar surface area (TPSA) is 111 Å². The van der Waals surface area contributed by atoms with Crippen LogP contribution in [0, 0.1) is 12.8 Å². The van der Waals surface area contributed by atoms with Gasteiger partial charge in [-0.3, -0.25) is 25.1 Å². The number of hydrogen-bond acceptors (Lipinski definition) is 7. The molecule has 3 N–H and O–H groups in total. The molecule has 4 heterocycles. The second-order valence-corrected chi connectivity index (χ2v) is 11.1. The molecule has 0 bridgehead atoms. The molecule has 9 nitrogen and oxygen atoms in total. The Kier molecular flexibility index (Phi) is 8.04. The van der Waals surface area contributed by atoms with Crippen LogP contribution in [0.25, 0.3) is 22.2 Å². The number of fused-ring (bicyclic) bond motifs is 1. The van der Waals surface area contributed by atoms with Gasteiger partial charge in [-0.05, 0) is 68.8 Å². The number of aliphatic imine (C=N–C) groups is 1. The number of piperidine rings is 1. The molecule has 212 valence electrons. The minimum absolute atomic E-state index is 0.0842. The van der Waals surface area contributed by atoms with Crippen molar-refractivity contribution in [2.45, 2.75) is 52.4 Å². The van der Waals surface area contributed by atoms with Crippen LogP contribution in [0.5, 0.6) is 0 Å². The third-order valence-corrected chi connectivity index (χ3v) is 8.20. The quantitative estimate of drug-likeness (QED) is 0.188. The van der Waals surface area contributed by atoms with Gasteiger partial charge in [0.2, 0.25) is 5.91 Å². The number of anilines is 2. The Morgan fingerprint density at radius 2 is 1.85 bits per heavy atom. The van der Waals surface area contributed by atoms with Gasteiger partial charge in [-0.1, -0.05) is 25.5 Å². The van der Waals surface area contributed by atoms with Crippen molar-refractivity contribution in [1.82, 2.24) is 25.3 Å². The van der Waals surface area contributed by atoms with Gasteiger partial charge in [-0.2, -0.15) is 0 Å². The van der Waals surface area contributed by atoms with Gasteiger partial charge >= 0.3 is 0 Å². The summed E-state index contributed by atoms with van der Waals surface area (Å²) in [5.74, 6) is 0.930. The van der Waals surface area contributed by atoms with Gasteiger partial charge in [0.15, 0.2) is 5.82 Å². The van der Waals surface area contributed by atoms with Crippen molar-refractivity contribution in [1.29, 1.82) is 0 Å². The van der Waals surface area contributed by atoms with E-state index in [2.05, 4.69) is 62.5 Å². The number of benzene rings is 1. The molecule has 1 aromatic carbocycles. The Balaban J connectivity index is 1.36. The van der Waals surface area contributed by atoms with E-state index in [4.69, 9.17) is 9.98 Å². The molecule has 41 heavy (non-hydrogen) atoms. The van der Waals surface area contributed by atoms with E-state index in [1.807, 2.05) is 24.7 Å². The summed E-state index contributed by atoms with van der Waals surface area (Å²) in [6, 6.07) is 8.33. The number of nitrogens with zero attached hydrogens (tertiary/aromatic N) is 5. The van der Waals surface area contributed by atoms with Gasteiger partial charge in [0.05, 0.1) is 42.2 Å². The van der Waals surface area contributed by atoms with Gasteiger partial charge in [0.1, 0.15) is 11.2 Å². The second kappa shape index (κ2) is 12.2. The number of amides is 1. The second-order valence-electron chi connectivity index (χ2n) is 11.1. The summed E-state index contributed by atoms with van der Waals surface area (Å²) in [5, 5.41) is 6.38. The van der Waals surface area contributed by atoms with E-state index < -0.39 is 0 Å². The van der Waals surface area contributed by atoms with E-state index in [-0.39, 0.29) is 11.8 Å². The van der Waals surface area contributed by atoms with Crippen molar-refractivity contribution in [3.63, 3.8) is 0 Å². The number of pyridine rings is 2. The van der Waals surface area contributed by atoms with E-state index in [1.165, 1.54) is 19.3 Å². The monoisotopic (exact) mass is 550 g/mol. The summed E-state index contributed by atoms with van der Waals surface area (Å²) >= 11 is 0. The Morgan fingerprint density at radius 3 is 2.63 bits per heavy atom. The first-order valence-corrected chi connectivity index (χ1v) is 14.8. The Hall–Kier alpha value is -4.11. The predicted octanol–water partition coefficient (Wildman–Crippen LogP) is 5.46. The molecule has 3 aromatic heterocycles. The van der Waals surface area contributed by atoms with Crippen LogP contribution in [-0.2, 0) is 4.79 Å². The highest BCUT2D eigenvalue weighted by Gasteiger charge is 2.25. The summed E-state index contributed by atoms with van der Waals surface area (Å²) in [6.07, 6.45) is 14.0. The summed E-state index contributed by atoms with van der Waals surface area (Å²) < 4.78 is 0. The lowest BCUT2D eigenvalue weighted by molar-refractivity contribution is -0.122. The molecule has 0 unspecified atom stereocenters. The fourth-order valence-corrected chi connectivity index (χ4v) is 5.57. The van der Waals surface area contributed by atoms with Crippen molar-refractivity contribution in [2.24, 2.45) is 10.9 Å². The first-order valence-electron chi connectivity index (χ1n) is 14.8. The number of aromatic amines is 1. The zero-order valence-electron chi connectivity index (χ0n) is 23.9. The molecule has 1 saturated carbocycles. The van der Waals surface area contributed by atoms with Crippen LogP contribution in [-0.4, -0.2) is 57.9 Å². The summed E-state index contributed by atoms with van der Waals surface area (Å²) in [7, 11) is 0. The van der Waals surface area contributed by atoms with Crippen molar-refractivity contribution < 1.29 is 4.79 Å². The van der Waals surface area contributed by atoms with E-state index in [0.717, 1.165) is 95.1 Å². The molecular formula is C32H38N8O. The standard InChI is InChI=1S/C32H38N8O/c1-3-33-20-36-29(31-38-27-18-35-19-28(30(27)39-31)40-12-5-4-6-13-40)26-15-23(11-10-21(26)2)24-14-25(17-34-16-24)37-32(41)22-8-7-9-22/h10-11,14-19,22,33H,3-9,12-13,20H2,1-2H3,(H,37,41)(H,38,39). The van der Waals surface area contributed by atoms with Gasteiger partial charge < -0.3 is 15.2 Å². The number of aromatic nitrogens is 4. The lowest BCUT2D eigenvalue weighted by atomic mass is 9.85. The highest BCUT2D eigenvalue weighted by molar-refractivity contribution is 6.13. The van der Waals surface area contributed by atoms with Crippen molar-refractivity contribution in [3.05, 3.63) is 66.0 Å². The summed E-state index contributed by atoms with van der Waals surface area (Å²) in [4.78, 5) is 37.5. The average Bonchev–Trinajstić information content (AvgIpc) is 3.40. The van der Waals surface area contributed by atoms with E-state index >= 15 is 0 Å². The zero-order chi connectivity index (χ0) is 28.2. The molecule has 0 atom stereocenters. The first-order chi connectivity index (χ1) is 20.1. The number of H-pyrrole nitrogens is 1. The van der Waals surface area contributed by atoms with E-state index in [0.29, 0.717) is 6.67 Å². The van der Waals surface area contributed by atoms with Crippen molar-refractivity contribution >= 4 is 34.0 Å². The van der Waals surface area contributed by atoms with Gasteiger partial charge in [-0.25, -0.2) is 4.98 Å². The van der Waals surface area contributed by atoms with Crippen LogP contribution in [0.1, 0.15) is 62.4 Å². The fourth-order valence-electron chi connectivity index (χ4n) is 5.57. The van der Waals surface area contributed by atoms with Crippen molar-refractivity contribution in [3.8, 4) is 11.1 Å². The molecule has 1 saturated heterocycles. The molecule has 6 rings (SSSR count). The number of rotatable bonds is 9. The molecule has 2 aliphatic rings. The third kappa shape index (κ3) is 5.86. The number of hydrogen-bond donors (Lipinski definition) is 3. The average molecular weight is 551 g/mol. The Morgan fingerprint density at radius 1 is 1.02 bits per heavy atom. The lowest BCUT2D eigenvalue weighted by Gasteiger charge is -2.28. The van der Waals surface area contributed by atoms with Crippen molar-refractivity contribution in [2.75, 3.05) is 36.5 Å². The third-order valence-electron chi connectivity index (χ3n) is 8.20. The summed E-state index contributed by atoms with van der Waals surface area (Å²) in [6.45, 7) is 7.53. The molecule has 1 amide bonds. The molecule has 4 aromatic rings.